The summed E-state index contributed by atoms with van der Waals surface area (Å²) in [5.41, 5.74) is 3.11. The highest BCUT2D eigenvalue weighted by atomic mass is 16.5. The first-order valence-electron chi connectivity index (χ1n) is 8.07. The molecule has 0 aliphatic carbocycles. The van der Waals surface area contributed by atoms with Crippen molar-refractivity contribution in [2.45, 2.75) is 17.9 Å². The van der Waals surface area contributed by atoms with Crippen molar-refractivity contribution in [2.24, 2.45) is 0 Å². The van der Waals surface area contributed by atoms with Crippen LogP contribution >= 0.6 is 0 Å². The van der Waals surface area contributed by atoms with Gasteiger partial charge >= 0.3 is 0 Å². The molecule has 6 heteroatoms. The van der Waals surface area contributed by atoms with Crippen LogP contribution in [0.3, 0.4) is 0 Å². The summed E-state index contributed by atoms with van der Waals surface area (Å²) >= 11 is 0. The molecule has 124 valence electrons. The average Bonchev–Trinajstić information content (AvgIpc) is 3.21. The molecule has 24 heavy (non-hydrogen) atoms. The Balaban J connectivity index is 1.50. The molecule has 6 nitrogen and oxygen atoms in total. The van der Waals surface area contributed by atoms with E-state index in [0.29, 0.717) is 11.4 Å². The second-order valence-electron chi connectivity index (χ2n) is 6.38. The monoisotopic (exact) mass is 324 g/mol. The lowest BCUT2D eigenvalue weighted by Crippen LogP contribution is -2.35. The molecule has 1 fully saturated rings. The number of pyridine rings is 1. The van der Waals surface area contributed by atoms with Crippen molar-refractivity contribution < 1.29 is 9.53 Å². The summed E-state index contributed by atoms with van der Waals surface area (Å²) in [7, 11) is 1.57. The van der Waals surface area contributed by atoms with E-state index in [4.69, 9.17) is 4.74 Å². The Hall–Kier alpha value is -2.60. The molecule has 2 atom stereocenters. The predicted molar refractivity (Wildman–Crippen MR) is 92.4 cm³/mol. The highest BCUT2D eigenvalue weighted by molar-refractivity contribution is 5.96. The molecule has 2 aliphatic rings. The highest BCUT2D eigenvalue weighted by Crippen LogP contribution is 2.42. The van der Waals surface area contributed by atoms with Crippen molar-refractivity contribution in [2.75, 3.05) is 30.8 Å². The molecule has 3 heterocycles. The zero-order chi connectivity index (χ0) is 16.6. The van der Waals surface area contributed by atoms with Gasteiger partial charge in [0.05, 0.1) is 25.0 Å². The molecule has 0 bridgehead atoms. The van der Waals surface area contributed by atoms with E-state index in [2.05, 4.69) is 39.1 Å². The quantitative estimate of drug-likeness (QED) is 0.802. The molecule has 0 radical (unpaired) electrons. The van der Waals surface area contributed by atoms with Gasteiger partial charge in [-0.1, -0.05) is 18.2 Å². The van der Waals surface area contributed by atoms with Gasteiger partial charge < -0.3 is 20.7 Å². The fraction of sp³-hybridized carbons (Fsp3) is 0.333. The number of fused-ring (bicyclic) bond motifs is 2. The van der Waals surface area contributed by atoms with Gasteiger partial charge in [0.2, 0.25) is 5.91 Å². The number of rotatable bonds is 3. The molecular formula is C18H20N4O2. The maximum atomic E-state index is 12.7. The normalized spacial score (nSPS) is 24.5. The van der Waals surface area contributed by atoms with Crippen LogP contribution in [0.2, 0.25) is 0 Å². The highest BCUT2D eigenvalue weighted by Gasteiger charge is 2.46. The predicted octanol–water partition coefficient (Wildman–Crippen LogP) is 1.75. The van der Waals surface area contributed by atoms with Crippen LogP contribution in [0.15, 0.2) is 42.7 Å². The summed E-state index contributed by atoms with van der Waals surface area (Å²) in [6.07, 6.45) is 4.01. The van der Waals surface area contributed by atoms with Crippen LogP contribution in [-0.2, 0) is 10.2 Å². The molecular weight excluding hydrogens is 304 g/mol. The number of benzene rings is 1. The minimum atomic E-state index is -0.226. The van der Waals surface area contributed by atoms with E-state index in [1.807, 2.05) is 6.07 Å². The fourth-order valence-corrected chi connectivity index (χ4v) is 3.70. The summed E-state index contributed by atoms with van der Waals surface area (Å²) in [6.45, 7) is 1.66. The van der Waals surface area contributed by atoms with Crippen molar-refractivity contribution in [1.82, 2.24) is 10.3 Å². The smallest absolute Gasteiger partial charge is 0.241 e. The maximum Gasteiger partial charge on any atom is 0.241 e. The molecule has 4 rings (SSSR count). The van der Waals surface area contributed by atoms with Gasteiger partial charge in [-0.05, 0) is 24.1 Å². The molecule has 2 aliphatic heterocycles. The molecule has 2 unspecified atom stereocenters. The number of methoxy groups -OCH3 is 1. The Labute approximate surface area is 140 Å². The van der Waals surface area contributed by atoms with Crippen LogP contribution in [0.1, 0.15) is 12.0 Å². The average molecular weight is 324 g/mol. The first-order valence-corrected chi connectivity index (χ1v) is 8.07. The van der Waals surface area contributed by atoms with Crippen molar-refractivity contribution in [3.05, 3.63) is 48.3 Å². The van der Waals surface area contributed by atoms with Crippen LogP contribution in [-0.4, -0.2) is 37.1 Å². The van der Waals surface area contributed by atoms with E-state index in [0.717, 1.165) is 19.5 Å². The number of para-hydroxylation sites is 1. The number of anilines is 2. The number of aromatic nitrogens is 1. The van der Waals surface area contributed by atoms with Gasteiger partial charge in [0.15, 0.2) is 5.75 Å². The Morgan fingerprint density at radius 1 is 1.33 bits per heavy atom. The van der Waals surface area contributed by atoms with Crippen molar-refractivity contribution >= 4 is 17.3 Å². The summed E-state index contributed by atoms with van der Waals surface area (Å²) in [5, 5.41) is 9.79. The van der Waals surface area contributed by atoms with Crippen LogP contribution < -0.4 is 20.7 Å². The van der Waals surface area contributed by atoms with Crippen molar-refractivity contribution in [1.29, 1.82) is 0 Å². The summed E-state index contributed by atoms with van der Waals surface area (Å²) < 4.78 is 5.24. The number of nitrogens with one attached hydrogen (secondary N) is 3. The van der Waals surface area contributed by atoms with E-state index < -0.39 is 0 Å². The number of ether oxygens (including phenoxy) is 1. The van der Waals surface area contributed by atoms with Crippen molar-refractivity contribution in [3.8, 4) is 5.75 Å². The summed E-state index contributed by atoms with van der Waals surface area (Å²) in [6, 6.07) is 9.86. The van der Waals surface area contributed by atoms with E-state index in [-0.39, 0.29) is 17.4 Å². The molecule has 3 N–H and O–H groups in total. The molecule has 1 spiro atoms. The zero-order valence-corrected chi connectivity index (χ0v) is 13.5. The maximum absolute atomic E-state index is 12.7. The number of nitrogens with zero attached hydrogens (tertiary/aromatic N) is 1. The standard InChI is InChI=1S/C18H20N4O2/c1-24-16-9-19-7-6-14(16)22-17(23)15-8-18(11-21-15)10-20-13-5-3-2-4-12(13)18/h2-7,9,15,20-21H,8,10-11H2,1H3,(H,19,22,23). The van der Waals surface area contributed by atoms with Gasteiger partial charge in [-0.2, -0.15) is 0 Å². The summed E-state index contributed by atoms with van der Waals surface area (Å²) in [4.78, 5) is 16.7. The van der Waals surface area contributed by atoms with Gasteiger partial charge in [-0.15, -0.1) is 0 Å². The van der Waals surface area contributed by atoms with E-state index in [1.54, 1.807) is 25.6 Å². The molecule has 0 saturated carbocycles. The Morgan fingerprint density at radius 3 is 3.08 bits per heavy atom. The number of amides is 1. The number of hydrogen-bond acceptors (Lipinski definition) is 5. The lowest BCUT2D eigenvalue weighted by atomic mass is 9.80. The third-order valence-electron chi connectivity index (χ3n) is 4.98. The van der Waals surface area contributed by atoms with Crippen LogP contribution in [0, 0.1) is 0 Å². The van der Waals surface area contributed by atoms with Gasteiger partial charge in [0, 0.05) is 30.4 Å². The largest absolute Gasteiger partial charge is 0.493 e. The van der Waals surface area contributed by atoms with Crippen LogP contribution in [0.25, 0.3) is 0 Å². The minimum absolute atomic E-state index is 0.0130. The lowest BCUT2D eigenvalue weighted by Gasteiger charge is -2.22. The first-order chi connectivity index (χ1) is 11.7. The third-order valence-corrected chi connectivity index (χ3v) is 4.98. The SMILES string of the molecule is COc1cnccc1NC(=O)C1CC2(CNc3ccccc32)CN1. The molecule has 1 aromatic carbocycles. The Kier molecular flexibility index (Phi) is 3.61. The molecule has 2 aromatic rings. The second kappa shape index (κ2) is 5.79. The first kappa shape index (κ1) is 15.0. The summed E-state index contributed by atoms with van der Waals surface area (Å²) in [5.74, 6) is 0.521. The molecule has 1 aromatic heterocycles. The lowest BCUT2D eigenvalue weighted by molar-refractivity contribution is -0.117. The number of carbonyl (C=O) groups excluding carboxylic acids is 1. The second-order valence-corrected chi connectivity index (χ2v) is 6.38. The minimum Gasteiger partial charge on any atom is -0.493 e. The van der Waals surface area contributed by atoms with Crippen LogP contribution in [0.4, 0.5) is 11.4 Å². The van der Waals surface area contributed by atoms with E-state index >= 15 is 0 Å². The van der Waals surface area contributed by atoms with Crippen molar-refractivity contribution in [3.63, 3.8) is 0 Å². The Bertz CT molecular complexity index is 779. The number of hydrogen-bond donors (Lipinski definition) is 3. The van der Waals surface area contributed by atoms with Gasteiger partial charge in [0.25, 0.3) is 0 Å². The topological polar surface area (TPSA) is 75.3 Å². The van der Waals surface area contributed by atoms with E-state index in [9.17, 15) is 4.79 Å². The van der Waals surface area contributed by atoms with E-state index in [1.165, 1.54) is 11.3 Å². The van der Waals surface area contributed by atoms with Gasteiger partial charge in [-0.3, -0.25) is 9.78 Å². The van der Waals surface area contributed by atoms with Gasteiger partial charge in [-0.25, -0.2) is 0 Å². The molecule has 1 saturated heterocycles. The zero-order valence-electron chi connectivity index (χ0n) is 13.5. The third kappa shape index (κ3) is 2.39. The van der Waals surface area contributed by atoms with Crippen LogP contribution in [0.5, 0.6) is 5.75 Å². The fourth-order valence-electron chi connectivity index (χ4n) is 3.70. The molecule has 1 amide bonds. The van der Waals surface area contributed by atoms with Gasteiger partial charge in [0.1, 0.15) is 0 Å². The Morgan fingerprint density at radius 2 is 2.21 bits per heavy atom. The number of carbonyl (C=O) groups is 1.